The van der Waals surface area contributed by atoms with E-state index >= 15 is 0 Å². The Balaban J connectivity index is 2.39. The Morgan fingerprint density at radius 2 is 1.95 bits per heavy atom. The maximum absolute atomic E-state index is 10.9. The van der Waals surface area contributed by atoms with Crippen molar-refractivity contribution in [3.8, 4) is 0 Å². The highest BCUT2D eigenvalue weighted by molar-refractivity contribution is 9.10. The van der Waals surface area contributed by atoms with Gasteiger partial charge in [0.15, 0.2) is 0 Å². The summed E-state index contributed by atoms with van der Waals surface area (Å²) in [5.41, 5.74) is 1.85. The zero-order valence-corrected chi connectivity index (χ0v) is 12.6. The van der Waals surface area contributed by atoms with Crippen molar-refractivity contribution in [3.05, 3.63) is 50.5 Å². The van der Waals surface area contributed by atoms with E-state index in [1.807, 2.05) is 25.1 Å². The van der Waals surface area contributed by atoms with Crippen LogP contribution in [0.3, 0.4) is 0 Å². The van der Waals surface area contributed by atoms with Crippen LogP contribution in [0.5, 0.6) is 0 Å². The van der Waals surface area contributed by atoms with Crippen molar-refractivity contribution in [2.75, 3.05) is 17.7 Å². The quantitative estimate of drug-likeness (QED) is 0.654. The van der Waals surface area contributed by atoms with E-state index in [2.05, 4.69) is 31.5 Å². The van der Waals surface area contributed by atoms with E-state index in [4.69, 9.17) is 0 Å². The summed E-state index contributed by atoms with van der Waals surface area (Å²) in [6, 6.07) is 8.57. The molecule has 0 saturated carbocycles. The third-order valence-corrected chi connectivity index (χ3v) is 3.23. The Hall–Kier alpha value is -2.15. The molecule has 2 N–H and O–H groups in total. The molecule has 0 fully saturated rings. The number of pyridine rings is 1. The number of nitrogens with one attached hydrogen (secondary N) is 2. The first kappa shape index (κ1) is 14.3. The summed E-state index contributed by atoms with van der Waals surface area (Å²) in [5, 5.41) is 16.8. The molecule has 0 radical (unpaired) electrons. The molecule has 0 saturated heterocycles. The number of hydrogen-bond acceptors (Lipinski definition) is 5. The monoisotopic (exact) mass is 336 g/mol. The number of rotatable bonds is 4. The van der Waals surface area contributed by atoms with E-state index in [0.717, 1.165) is 15.7 Å². The highest BCUT2D eigenvalue weighted by atomic mass is 79.9. The molecule has 0 atom stereocenters. The lowest BCUT2D eigenvalue weighted by Gasteiger charge is -2.10. The van der Waals surface area contributed by atoms with E-state index in [0.29, 0.717) is 11.6 Å². The summed E-state index contributed by atoms with van der Waals surface area (Å²) < 4.78 is 0.921. The lowest BCUT2D eigenvalue weighted by atomic mass is 10.2. The molecule has 0 amide bonds. The first-order chi connectivity index (χ1) is 9.49. The molecule has 0 aliphatic heterocycles. The largest absolute Gasteiger partial charge is 0.373 e. The second kappa shape index (κ2) is 5.87. The van der Waals surface area contributed by atoms with Crippen LogP contribution >= 0.6 is 15.9 Å². The van der Waals surface area contributed by atoms with Crippen molar-refractivity contribution in [2.24, 2.45) is 0 Å². The molecular formula is C13H13BrN4O2. The fourth-order valence-electron chi connectivity index (χ4n) is 1.68. The van der Waals surface area contributed by atoms with Crippen molar-refractivity contribution < 1.29 is 4.92 Å². The van der Waals surface area contributed by atoms with Gasteiger partial charge in [0.05, 0.1) is 17.1 Å². The standard InChI is InChI=1S/C13H13BrN4O2/c1-8-3-4-9(14)5-11(8)16-13-7-10(18(19)20)6-12(15-2)17-13/h3-7H,1-2H3,(H2,15,16,17). The Labute approximate surface area is 124 Å². The first-order valence-electron chi connectivity index (χ1n) is 5.87. The summed E-state index contributed by atoms with van der Waals surface area (Å²) in [4.78, 5) is 14.7. The molecule has 2 aromatic rings. The van der Waals surface area contributed by atoms with Gasteiger partial charge in [-0.25, -0.2) is 4.98 Å². The van der Waals surface area contributed by atoms with Gasteiger partial charge in [-0.2, -0.15) is 0 Å². The van der Waals surface area contributed by atoms with E-state index in [1.54, 1.807) is 7.05 Å². The molecule has 1 aromatic heterocycles. The zero-order valence-electron chi connectivity index (χ0n) is 11.0. The lowest BCUT2D eigenvalue weighted by Crippen LogP contribution is -2.01. The average Bonchev–Trinajstić information content (AvgIpc) is 2.42. The number of aryl methyl sites for hydroxylation is 1. The maximum atomic E-state index is 10.9. The number of hydrogen-bond donors (Lipinski definition) is 2. The van der Waals surface area contributed by atoms with Crippen molar-refractivity contribution in [1.82, 2.24) is 4.98 Å². The number of halogens is 1. The van der Waals surface area contributed by atoms with Gasteiger partial charge in [-0.1, -0.05) is 22.0 Å². The summed E-state index contributed by atoms with van der Waals surface area (Å²) in [7, 11) is 1.67. The molecule has 0 spiro atoms. The Kier molecular flexibility index (Phi) is 4.19. The summed E-state index contributed by atoms with van der Waals surface area (Å²) in [6.45, 7) is 1.95. The van der Waals surface area contributed by atoms with E-state index in [1.165, 1.54) is 12.1 Å². The molecule has 7 heteroatoms. The van der Waals surface area contributed by atoms with Gasteiger partial charge < -0.3 is 10.6 Å². The summed E-state index contributed by atoms with van der Waals surface area (Å²) in [5.74, 6) is 0.860. The molecule has 0 aliphatic carbocycles. The van der Waals surface area contributed by atoms with Gasteiger partial charge in [0.1, 0.15) is 11.6 Å². The second-order valence-electron chi connectivity index (χ2n) is 4.19. The SMILES string of the molecule is CNc1cc([N+](=O)[O-])cc(Nc2cc(Br)ccc2C)n1. The van der Waals surface area contributed by atoms with Crippen LogP contribution in [0.2, 0.25) is 0 Å². The zero-order chi connectivity index (χ0) is 14.7. The number of aromatic nitrogens is 1. The number of nitro groups is 1. The summed E-state index contributed by atoms with van der Waals surface area (Å²) >= 11 is 3.39. The molecule has 0 unspecified atom stereocenters. The fraction of sp³-hybridized carbons (Fsp3) is 0.154. The van der Waals surface area contributed by atoms with Crippen LogP contribution in [0, 0.1) is 17.0 Å². The maximum Gasteiger partial charge on any atom is 0.276 e. The third-order valence-electron chi connectivity index (χ3n) is 2.74. The topological polar surface area (TPSA) is 80.1 Å². The smallest absolute Gasteiger partial charge is 0.276 e. The molecule has 0 bridgehead atoms. The molecule has 2 rings (SSSR count). The summed E-state index contributed by atoms with van der Waals surface area (Å²) in [6.07, 6.45) is 0. The molecule has 20 heavy (non-hydrogen) atoms. The Morgan fingerprint density at radius 1 is 1.25 bits per heavy atom. The van der Waals surface area contributed by atoms with Gasteiger partial charge in [-0.3, -0.25) is 10.1 Å². The van der Waals surface area contributed by atoms with Crippen LogP contribution in [0.25, 0.3) is 0 Å². The molecule has 6 nitrogen and oxygen atoms in total. The van der Waals surface area contributed by atoms with Gasteiger partial charge in [0.25, 0.3) is 5.69 Å². The van der Waals surface area contributed by atoms with Gasteiger partial charge >= 0.3 is 0 Å². The Morgan fingerprint density at radius 3 is 2.60 bits per heavy atom. The lowest BCUT2D eigenvalue weighted by molar-refractivity contribution is -0.384. The molecular weight excluding hydrogens is 324 g/mol. The van der Waals surface area contributed by atoms with Crippen LogP contribution in [0.15, 0.2) is 34.8 Å². The van der Waals surface area contributed by atoms with E-state index < -0.39 is 4.92 Å². The minimum Gasteiger partial charge on any atom is -0.373 e. The molecule has 1 aromatic carbocycles. The van der Waals surface area contributed by atoms with Crippen molar-refractivity contribution in [3.63, 3.8) is 0 Å². The van der Waals surface area contributed by atoms with E-state index in [-0.39, 0.29) is 5.69 Å². The predicted octanol–water partition coefficient (Wildman–Crippen LogP) is 3.85. The Bertz CT molecular complexity index is 661. The van der Waals surface area contributed by atoms with Crippen molar-refractivity contribution in [1.29, 1.82) is 0 Å². The second-order valence-corrected chi connectivity index (χ2v) is 5.10. The highest BCUT2D eigenvalue weighted by Gasteiger charge is 2.11. The number of nitrogens with zero attached hydrogens (tertiary/aromatic N) is 2. The third kappa shape index (κ3) is 3.24. The van der Waals surface area contributed by atoms with Crippen LogP contribution in [-0.4, -0.2) is 17.0 Å². The van der Waals surface area contributed by atoms with Gasteiger partial charge in [-0.15, -0.1) is 0 Å². The normalized spacial score (nSPS) is 10.2. The van der Waals surface area contributed by atoms with Gasteiger partial charge in [-0.05, 0) is 24.6 Å². The minimum absolute atomic E-state index is 0.0144. The van der Waals surface area contributed by atoms with Crippen molar-refractivity contribution in [2.45, 2.75) is 6.92 Å². The number of anilines is 3. The van der Waals surface area contributed by atoms with Crippen molar-refractivity contribution >= 4 is 38.9 Å². The van der Waals surface area contributed by atoms with Crippen LogP contribution in [0.4, 0.5) is 23.0 Å². The average molecular weight is 337 g/mol. The molecule has 0 aliphatic rings. The molecule has 1 heterocycles. The molecule has 104 valence electrons. The van der Waals surface area contributed by atoms with Crippen LogP contribution in [-0.2, 0) is 0 Å². The predicted molar refractivity (Wildman–Crippen MR) is 82.6 cm³/mol. The number of benzene rings is 1. The first-order valence-corrected chi connectivity index (χ1v) is 6.66. The van der Waals surface area contributed by atoms with Gasteiger partial charge in [0.2, 0.25) is 0 Å². The van der Waals surface area contributed by atoms with Gasteiger partial charge in [0, 0.05) is 17.2 Å². The van der Waals surface area contributed by atoms with Crippen LogP contribution in [0.1, 0.15) is 5.56 Å². The van der Waals surface area contributed by atoms with Crippen LogP contribution < -0.4 is 10.6 Å². The van der Waals surface area contributed by atoms with E-state index in [9.17, 15) is 10.1 Å². The highest BCUT2D eigenvalue weighted by Crippen LogP contribution is 2.26. The minimum atomic E-state index is -0.443. The fourth-order valence-corrected chi connectivity index (χ4v) is 2.04.